The van der Waals surface area contributed by atoms with Crippen LogP contribution in [0.4, 0.5) is 4.39 Å². The summed E-state index contributed by atoms with van der Waals surface area (Å²) in [6.07, 6.45) is 0.927. The molecule has 1 heterocycles. The minimum absolute atomic E-state index is 0.174. The maximum absolute atomic E-state index is 13.3. The van der Waals surface area contributed by atoms with Gasteiger partial charge in [0.2, 0.25) is 0 Å². The highest BCUT2D eigenvalue weighted by Gasteiger charge is 2.22. The van der Waals surface area contributed by atoms with Crippen LogP contribution in [-0.2, 0) is 4.74 Å². The number of hydrogen-bond acceptors (Lipinski definition) is 3. The van der Waals surface area contributed by atoms with E-state index >= 15 is 0 Å². The quantitative estimate of drug-likeness (QED) is 0.884. The first-order valence-electron chi connectivity index (χ1n) is 6.40. The van der Waals surface area contributed by atoms with Crippen LogP contribution in [0.25, 0.3) is 0 Å². The molecule has 0 saturated carbocycles. The van der Waals surface area contributed by atoms with Crippen molar-refractivity contribution in [1.29, 1.82) is 0 Å². The van der Waals surface area contributed by atoms with Crippen molar-refractivity contribution < 1.29 is 9.13 Å². The smallest absolute Gasteiger partial charge is 0.123 e. The van der Waals surface area contributed by atoms with Gasteiger partial charge >= 0.3 is 0 Å². The Morgan fingerprint density at radius 2 is 2.33 bits per heavy atom. The van der Waals surface area contributed by atoms with Gasteiger partial charge in [-0.25, -0.2) is 4.39 Å². The molecule has 0 amide bonds. The van der Waals surface area contributed by atoms with E-state index in [1.165, 1.54) is 6.07 Å². The average Bonchev–Trinajstić information content (AvgIpc) is 2.37. The summed E-state index contributed by atoms with van der Waals surface area (Å²) in [5.74, 6) is -0.174. The standard InChI is InChI=1S/C14H21FN2O/c1-17(2)14(9-13-10-18-7-6-16-13)11-4-3-5-12(15)8-11/h3-5,8,13-14,16H,6-7,9-10H2,1-2H3. The van der Waals surface area contributed by atoms with Crippen LogP contribution in [0.3, 0.4) is 0 Å². The zero-order valence-electron chi connectivity index (χ0n) is 11.0. The van der Waals surface area contributed by atoms with Crippen molar-refractivity contribution in [3.8, 4) is 0 Å². The topological polar surface area (TPSA) is 24.5 Å². The third-order valence-corrected chi connectivity index (χ3v) is 3.36. The first-order valence-corrected chi connectivity index (χ1v) is 6.40. The molecule has 3 nitrogen and oxygen atoms in total. The Kier molecular flexibility index (Phi) is 4.69. The van der Waals surface area contributed by atoms with Crippen molar-refractivity contribution in [3.05, 3.63) is 35.6 Å². The van der Waals surface area contributed by atoms with Crippen molar-refractivity contribution in [3.63, 3.8) is 0 Å². The summed E-state index contributed by atoms with van der Waals surface area (Å²) in [6, 6.07) is 7.41. The van der Waals surface area contributed by atoms with Gasteiger partial charge in [-0.2, -0.15) is 0 Å². The number of halogens is 1. The van der Waals surface area contributed by atoms with Crippen LogP contribution < -0.4 is 5.32 Å². The molecule has 1 aromatic carbocycles. The lowest BCUT2D eigenvalue weighted by Gasteiger charge is -2.31. The van der Waals surface area contributed by atoms with E-state index < -0.39 is 0 Å². The molecule has 100 valence electrons. The molecule has 0 aliphatic carbocycles. The lowest BCUT2D eigenvalue weighted by molar-refractivity contribution is 0.0648. The molecule has 2 atom stereocenters. The van der Waals surface area contributed by atoms with Gasteiger partial charge in [0.15, 0.2) is 0 Å². The van der Waals surface area contributed by atoms with Crippen LogP contribution in [-0.4, -0.2) is 44.8 Å². The monoisotopic (exact) mass is 252 g/mol. The lowest BCUT2D eigenvalue weighted by atomic mass is 9.98. The predicted octanol–water partition coefficient (Wildman–Crippen LogP) is 1.81. The molecule has 18 heavy (non-hydrogen) atoms. The van der Waals surface area contributed by atoms with E-state index in [1.54, 1.807) is 12.1 Å². The van der Waals surface area contributed by atoms with Gasteiger partial charge in [-0.1, -0.05) is 12.1 Å². The third-order valence-electron chi connectivity index (χ3n) is 3.36. The van der Waals surface area contributed by atoms with E-state index in [2.05, 4.69) is 10.2 Å². The number of nitrogens with one attached hydrogen (secondary N) is 1. The molecule has 4 heteroatoms. The normalized spacial score (nSPS) is 22.1. The molecule has 1 aliphatic rings. The van der Waals surface area contributed by atoms with Crippen LogP contribution in [0.2, 0.25) is 0 Å². The zero-order valence-corrected chi connectivity index (χ0v) is 11.0. The number of morpholine rings is 1. The van der Waals surface area contributed by atoms with E-state index in [0.717, 1.165) is 31.7 Å². The van der Waals surface area contributed by atoms with Gasteiger partial charge in [-0.3, -0.25) is 0 Å². The molecule has 0 bridgehead atoms. The van der Waals surface area contributed by atoms with Gasteiger partial charge in [0.05, 0.1) is 13.2 Å². The Morgan fingerprint density at radius 3 is 2.94 bits per heavy atom. The maximum Gasteiger partial charge on any atom is 0.123 e. The van der Waals surface area contributed by atoms with Crippen molar-refractivity contribution >= 4 is 0 Å². The van der Waals surface area contributed by atoms with Crippen molar-refractivity contribution in [1.82, 2.24) is 10.2 Å². The van der Waals surface area contributed by atoms with Crippen molar-refractivity contribution in [2.45, 2.75) is 18.5 Å². The zero-order chi connectivity index (χ0) is 13.0. The molecule has 1 N–H and O–H groups in total. The fourth-order valence-electron chi connectivity index (χ4n) is 2.40. The van der Waals surface area contributed by atoms with Crippen LogP contribution >= 0.6 is 0 Å². The van der Waals surface area contributed by atoms with E-state index in [-0.39, 0.29) is 11.9 Å². The van der Waals surface area contributed by atoms with Gasteiger partial charge in [0, 0.05) is 18.6 Å². The van der Waals surface area contributed by atoms with E-state index in [9.17, 15) is 4.39 Å². The van der Waals surface area contributed by atoms with Crippen molar-refractivity contribution in [2.24, 2.45) is 0 Å². The Labute approximate surface area is 108 Å². The van der Waals surface area contributed by atoms with Crippen LogP contribution in [0.5, 0.6) is 0 Å². The largest absolute Gasteiger partial charge is 0.379 e. The highest BCUT2D eigenvalue weighted by Crippen LogP contribution is 2.24. The molecule has 2 unspecified atom stereocenters. The molecular formula is C14H21FN2O. The second-order valence-corrected chi connectivity index (χ2v) is 5.00. The molecule has 1 aliphatic heterocycles. The number of nitrogens with zero attached hydrogens (tertiary/aromatic N) is 1. The predicted molar refractivity (Wildman–Crippen MR) is 70.1 cm³/mol. The molecule has 2 rings (SSSR count). The number of ether oxygens (including phenoxy) is 1. The number of rotatable bonds is 4. The van der Waals surface area contributed by atoms with Crippen LogP contribution in [0, 0.1) is 5.82 Å². The van der Waals surface area contributed by atoms with E-state index in [4.69, 9.17) is 4.74 Å². The van der Waals surface area contributed by atoms with E-state index in [0.29, 0.717) is 6.04 Å². The Morgan fingerprint density at radius 1 is 1.50 bits per heavy atom. The van der Waals surface area contributed by atoms with Crippen LogP contribution in [0.1, 0.15) is 18.0 Å². The van der Waals surface area contributed by atoms with E-state index in [1.807, 2.05) is 20.2 Å². The SMILES string of the molecule is CN(C)C(CC1COCCN1)c1cccc(F)c1. The molecule has 1 fully saturated rings. The van der Waals surface area contributed by atoms with Gasteiger partial charge in [-0.05, 0) is 38.2 Å². The molecule has 1 aromatic rings. The minimum atomic E-state index is -0.174. The summed E-state index contributed by atoms with van der Waals surface area (Å²) in [5.41, 5.74) is 1.02. The van der Waals surface area contributed by atoms with Gasteiger partial charge in [-0.15, -0.1) is 0 Å². The first-order chi connectivity index (χ1) is 8.66. The molecule has 0 radical (unpaired) electrons. The second kappa shape index (κ2) is 6.27. The van der Waals surface area contributed by atoms with Gasteiger partial charge in [0.25, 0.3) is 0 Å². The minimum Gasteiger partial charge on any atom is -0.379 e. The highest BCUT2D eigenvalue weighted by molar-refractivity contribution is 5.20. The lowest BCUT2D eigenvalue weighted by Crippen LogP contribution is -2.43. The van der Waals surface area contributed by atoms with Gasteiger partial charge < -0.3 is 15.0 Å². The fourth-order valence-corrected chi connectivity index (χ4v) is 2.40. The van der Waals surface area contributed by atoms with Crippen molar-refractivity contribution in [2.75, 3.05) is 33.9 Å². The molecule has 0 aromatic heterocycles. The maximum atomic E-state index is 13.3. The third kappa shape index (κ3) is 3.51. The van der Waals surface area contributed by atoms with Crippen LogP contribution in [0.15, 0.2) is 24.3 Å². The first kappa shape index (κ1) is 13.5. The number of benzene rings is 1. The Hall–Kier alpha value is -0.970. The van der Waals surface area contributed by atoms with Gasteiger partial charge in [0.1, 0.15) is 5.82 Å². The Balaban J connectivity index is 2.07. The summed E-state index contributed by atoms with van der Waals surface area (Å²) >= 11 is 0. The summed E-state index contributed by atoms with van der Waals surface area (Å²) in [5, 5.41) is 3.44. The molecule has 1 saturated heterocycles. The average molecular weight is 252 g/mol. The highest BCUT2D eigenvalue weighted by atomic mass is 19.1. The molecular weight excluding hydrogens is 231 g/mol. The summed E-state index contributed by atoms with van der Waals surface area (Å²) in [7, 11) is 4.05. The summed E-state index contributed by atoms with van der Waals surface area (Å²) in [4.78, 5) is 2.13. The number of hydrogen-bond donors (Lipinski definition) is 1. The summed E-state index contributed by atoms with van der Waals surface area (Å²) in [6.45, 7) is 2.41. The molecule has 0 spiro atoms. The second-order valence-electron chi connectivity index (χ2n) is 5.00. The summed E-state index contributed by atoms with van der Waals surface area (Å²) < 4.78 is 18.8. The fraction of sp³-hybridized carbons (Fsp3) is 0.571. The Bertz CT molecular complexity index is 378.